The van der Waals surface area contributed by atoms with Gasteiger partial charge in [-0.05, 0) is 39.3 Å². The highest BCUT2D eigenvalue weighted by Crippen LogP contribution is 2.27. The largest absolute Gasteiger partial charge is 0.378 e. The smallest absolute Gasteiger partial charge is 0.223 e. The van der Waals surface area contributed by atoms with E-state index in [0.29, 0.717) is 25.7 Å². The highest BCUT2D eigenvalue weighted by atomic mass is 16.5. The van der Waals surface area contributed by atoms with Crippen LogP contribution in [0.3, 0.4) is 0 Å². The van der Waals surface area contributed by atoms with E-state index in [1.54, 1.807) is 0 Å². The molecule has 0 aromatic rings. The summed E-state index contributed by atoms with van der Waals surface area (Å²) in [7, 11) is 4.03. The number of hydrogen-bond acceptors (Lipinski definition) is 4. The van der Waals surface area contributed by atoms with Gasteiger partial charge in [-0.2, -0.15) is 0 Å². The lowest BCUT2D eigenvalue weighted by atomic mass is 9.79. The predicted octanol–water partition coefficient (Wildman–Crippen LogP) is 0.444. The van der Waals surface area contributed by atoms with Gasteiger partial charge in [-0.1, -0.05) is 6.92 Å². The van der Waals surface area contributed by atoms with Crippen LogP contribution in [0.4, 0.5) is 0 Å². The molecular weight excluding hydrogens is 242 g/mol. The van der Waals surface area contributed by atoms with Gasteiger partial charge in [-0.15, -0.1) is 0 Å². The lowest BCUT2D eigenvalue weighted by Crippen LogP contribution is -2.41. The Bertz CT molecular complexity index is 261. The Labute approximate surface area is 116 Å². The molecule has 1 rings (SSSR count). The molecule has 3 unspecified atom stereocenters. The summed E-state index contributed by atoms with van der Waals surface area (Å²) >= 11 is 0. The Morgan fingerprint density at radius 1 is 1.32 bits per heavy atom. The average Bonchev–Trinajstić information content (AvgIpc) is 2.31. The van der Waals surface area contributed by atoms with Crippen LogP contribution in [0.5, 0.6) is 0 Å². The molecule has 0 saturated heterocycles. The highest BCUT2D eigenvalue weighted by molar-refractivity contribution is 5.78. The monoisotopic (exact) mass is 271 g/mol. The van der Waals surface area contributed by atoms with Crippen LogP contribution in [0.15, 0.2) is 0 Å². The molecular formula is C14H29N3O2. The number of amides is 1. The second-order valence-electron chi connectivity index (χ2n) is 5.98. The molecule has 1 aliphatic rings. The van der Waals surface area contributed by atoms with Gasteiger partial charge in [0.2, 0.25) is 5.91 Å². The van der Waals surface area contributed by atoms with Crippen LogP contribution in [0.2, 0.25) is 0 Å². The van der Waals surface area contributed by atoms with E-state index >= 15 is 0 Å². The third kappa shape index (κ3) is 6.89. The number of nitrogens with one attached hydrogen (secondary N) is 1. The number of carbonyl (C=O) groups excluding carboxylic acids is 1. The molecule has 1 amide bonds. The van der Waals surface area contributed by atoms with E-state index in [1.807, 2.05) is 14.1 Å². The molecule has 0 bridgehead atoms. The molecule has 1 fully saturated rings. The maximum absolute atomic E-state index is 12.0. The Balaban J connectivity index is 2.10. The first kappa shape index (κ1) is 16.4. The Kier molecular flexibility index (Phi) is 7.34. The Morgan fingerprint density at radius 2 is 2.05 bits per heavy atom. The lowest BCUT2D eigenvalue weighted by Gasteiger charge is -2.30. The second kappa shape index (κ2) is 8.51. The van der Waals surface area contributed by atoms with Crippen molar-refractivity contribution in [2.24, 2.45) is 17.6 Å². The van der Waals surface area contributed by atoms with Crippen LogP contribution >= 0.6 is 0 Å². The zero-order valence-corrected chi connectivity index (χ0v) is 12.5. The first-order chi connectivity index (χ1) is 8.99. The molecule has 0 radical (unpaired) electrons. The fourth-order valence-corrected chi connectivity index (χ4v) is 2.61. The molecule has 5 heteroatoms. The van der Waals surface area contributed by atoms with Crippen molar-refractivity contribution < 1.29 is 9.53 Å². The number of likely N-dealkylation sites (N-methyl/N-ethyl adjacent to an activating group) is 1. The number of rotatable bonds is 7. The summed E-state index contributed by atoms with van der Waals surface area (Å²) in [6.07, 6.45) is 2.82. The fraction of sp³-hybridized carbons (Fsp3) is 0.929. The molecule has 112 valence electrons. The molecule has 0 heterocycles. The molecule has 1 aliphatic carbocycles. The molecule has 1 saturated carbocycles. The van der Waals surface area contributed by atoms with Gasteiger partial charge in [0, 0.05) is 25.0 Å². The van der Waals surface area contributed by atoms with E-state index in [0.717, 1.165) is 25.8 Å². The summed E-state index contributed by atoms with van der Waals surface area (Å²) in [5.74, 6) is 0.773. The molecule has 3 atom stereocenters. The molecule has 5 nitrogen and oxygen atoms in total. The van der Waals surface area contributed by atoms with Crippen molar-refractivity contribution in [3.8, 4) is 0 Å². The van der Waals surface area contributed by atoms with E-state index in [4.69, 9.17) is 10.5 Å². The van der Waals surface area contributed by atoms with Gasteiger partial charge in [0.1, 0.15) is 0 Å². The number of hydrogen-bond donors (Lipinski definition) is 2. The van der Waals surface area contributed by atoms with Crippen LogP contribution in [-0.2, 0) is 9.53 Å². The number of nitrogens with two attached hydrogens (primary N) is 1. The summed E-state index contributed by atoms with van der Waals surface area (Å²) < 4.78 is 5.44. The maximum Gasteiger partial charge on any atom is 0.223 e. The topological polar surface area (TPSA) is 67.6 Å². The quantitative estimate of drug-likeness (QED) is 0.660. The van der Waals surface area contributed by atoms with Crippen molar-refractivity contribution in [1.82, 2.24) is 10.2 Å². The van der Waals surface area contributed by atoms with E-state index in [1.165, 1.54) is 0 Å². The van der Waals surface area contributed by atoms with Crippen molar-refractivity contribution in [1.29, 1.82) is 0 Å². The van der Waals surface area contributed by atoms with E-state index < -0.39 is 0 Å². The van der Waals surface area contributed by atoms with Gasteiger partial charge in [0.25, 0.3) is 0 Å². The summed E-state index contributed by atoms with van der Waals surface area (Å²) in [5.41, 5.74) is 5.97. The average molecular weight is 271 g/mol. The Morgan fingerprint density at radius 3 is 2.68 bits per heavy atom. The molecule has 19 heavy (non-hydrogen) atoms. The molecule has 0 aromatic heterocycles. The zero-order chi connectivity index (χ0) is 14.3. The fourth-order valence-electron chi connectivity index (χ4n) is 2.61. The van der Waals surface area contributed by atoms with Crippen LogP contribution in [-0.4, -0.2) is 57.2 Å². The summed E-state index contributed by atoms with van der Waals surface area (Å²) in [6.45, 7) is 4.95. The van der Waals surface area contributed by atoms with Crippen molar-refractivity contribution in [3.63, 3.8) is 0 Å². The van der Waals surface area contributed by atoms with Crippen LogP contribution in [0, 0.1) is 11.8 Å². The lowest BCUT2D eigenvalue weighted by molar-refractivity contribution is -0.126. The minimum atomic E-state index is 0.0838. The SMILES string of the molecule is CC1CC(N)CC(C(=O)NCCOCCN(C)C)C1. The third-order valence-corrected chi connectivity index (χ3v) is 3.58. The summed E-state index contributed by atoms with van der Waals surface area (Å²) in [4.78, 5) is 14.1. The maximum atomic E-state index is 12.0. The molecule has 0 aliphatic heterocycles. The van der Waals surface area contributed by atoms with Gasteiger partial charge in [0.05, 0.1) is 13.2 Å². The standard InChI is InChI=1S/C14H29N3O2/c1-11-8-12(10-13(15)9-11)14(18)16-4-6-19-7-5-17(2)3/h11-13H,4-10,15H2,1-3H3,(H,16,18). The van der Waals surface area contributed by atoms with E-state index in [2.05, 4.69) is 17.1 Å². The van der Waals surface area contributed by atoms with Crippen molar-refractivity contribution in [2.75, 3.05) is 40.4 Å². The minimum absolute atomic E-state index is 0.0838. The minimum Gasteiger partial charge on any atom is -0.378 e. The predicted molar refractivity (Wildman–Crippen MR) is 76.9 cm³/mol. The summed E-state index contributed by atoms with van der Waals surface area (Å²) in [6, 6.07) is 0.177. The molecule has 0 spiro atoms. The van der Waals surface area contributed by atoms with E-state index in [-0.39, 0.29) is 17.9 Å². The van der Waals surface area contributed by atoms with Crippen molar-refractivity contribution >= 4 is 5.91 Å². The van der Waals surface area contributed by atoms with Crippen LogP contribution < -0.4 is 11.1 Å². The van der Waals surface area contributed by atoms with Crippen molar-refractivity contribution in [2.45, 2.75) is 32.2 Å². The second-order valence-corrected chi connectivity index (χ2v) is 5.98. The van der Waals surface area contributed by atoms with Gasteiger partial charge < -0.3 is 20.7 Å². The van der Waals surface area contributed by atoms with Crippen LogP contribution in [0.25, 0.3) is 0 Å². The van der Waals surface area contributed by atoms with Crippen molar-refractivity contribution in [3.05, 3.63) is 0 Å². The number of ether oxygens (including phenoxy) is 1. The van der Waals surface area contributed by atoms with Gasteiger partial charge >= 0.3 is 0 Å². The first-order valence-electron chi connectivity index (χ1n) is 7.24. The number of nitrogens with zero attached hydrogens (tertiary/aromatic N) is 1. The van der Waals surface area contributed by atoms with E-state index in [9.17, 15) is 4.79 Å². The highest BCUT2D eigenvalue weighted by Gasteiger charge is 2.28. The third-order valence-electron chi connectivity index (χ3n) is 3.58. The normalized spacial score (nSPS) is 27.5. The van der Waals surface area contributed by atoms with Gasteiger partial charge in [0.15, 0.2) is 0 Å². The Hall–Kier alpha value is -0.650. The summed E-state index contributed by atoms with van der Waals surface area (Å²) in [5, 5.41) is 2.95. The molecule has 3 N–H and O–H groups in total. The van der Waals surface area contributed by atoms with Gasteiger partial charge in [-0.3, -0.25) is 4.79 Å². The first-order valence-corrected chi connectivity index (χ1v) is 7.24. The molecule has 0 aromatic carbocycles. The van der Waals surface area contributed by atoms with Gasteiger partial charge in [-0.25, -0.2) is 0 Å². The van der Waals surface area contributed by atoms with Crippen LogP contribution in [0.1, 0.15) is 26.2 Å². The number of carbonyl (C=O) groups is 1. The zero-order valence-electron chi connectivity index (χ0n) is 12.5.